The largest absolute Gasteiger partial charge is 0.272 e. The third-order valence-electron chi connectivity index (χ3n) is 3.17. The van der Waals surface area contributed by atoms with Crippen molar-refractivity contribution in [2.24, 2.45) is 5.10 Å². The molecule has 23 heavy (non-hydrogen) atoms. The number of rotatable bonds is 6. The lowest BCUT2D eigenvalue weighted by atomic mass is 10.1. The number of nitrogens with zero attached hydrogens (tertiary/aromatic N) is 4. The van der Waals surface area contributed by atoms with Gasteiger partial charge >= 0.3 is 0 Å². The second kappa shape index (κ2) is 7.94. The van der Waals surface area contributed by atoms with E-state index in [0.717, 1.165) is 32.1 Å². The molecule has 2 heterocycles. The van der Waals surface area contributed by atoms with Gasteiger partial charge in [-0.15, -0.1) is 10.2 Å². The van der Waals surface area contributed by atoms with Gasteiger partial charge in [-0.25, -0.2) is 5.01 Å². The van der Waals surface area contributed by atoms with E-state index < -0.39 is 0 Å². The maximum Gasteiger partial charge on any atom is 0.253 e. The van der Waals surface area contributed by atoms with Gasteiger partial charge in [0.2, 0.25) is 0 Å². The number of hydrogen-bond donors (Lipinski definition) is 0. The van der Waals surface area contributed by atoms with E-state index in [0.29, 0.717) is 12.3 Å². The predicted molar refractivity (Wildman–Crippen MR) is 96.3 cm³/mol. The Morgan fingerprint density at radius 3 is 2.70 bits per heavy atom. The summed E-state index contributed by atoms with van der Waals surface area (Å²) in [5.41, 5.74) is 2.06. The molecule has 0 saturated heterocycles. The third kappa shape index (κ3) is 4.33. The topological polar surface area (TPSA) is 58.5 Å². The van der Waals surface area contributed by atoms with Gasteiger partial charge < -0.3 is 0 Å². The lowest BCUT2D eigenvalue weighted by Crippen LogP contribution is -2.25. The molecule has 0 aliphatic carbocycles. The Bertz CT molecular complexity index is 702. The second-order valence-electron chi connectivity index (χ2n) is 4.74. The highest BCUT2D eigenvalue weighted by Gasteiger charge is 2.21. The molecule has 2 aromatic rings. The monoisotopic (exact) mass is 364 g/mol. The van der Waals surface area contributed by atoms with Crippen LogP contribution in [-0.4, -0.2) is 44.9 Å². The first-order chi connectivity index (χ1) is 11.3. The van der Waals surface area contributed by atoms with Gasteiger partial charge in [-0.1, -0.05) is 72.1 Å². The molecule has 0 bridgehead atoms. The zero-order valence-corrected chi connectivity index (χ0v) is 15.1. The van der Waals surface area contributed by atoms with Gasteiger partial charge in [0.25, 0.3) is 5.91 Å². The summed E-state index contributed by atoms with van der Waals surface area (Å²) in [6.07, 6.45) is 0.802. The van der Waals surface area contributed by atoms with E-state index in [1.807, 2.05) is 30.3 Å². The second-order valence-corrected chi connectivity index (χ2v) is 8.45. The fourth-order valence-electron chi connectivity index (χ4n) is 2.11. The van der Waals surface area contributed by atoms with Gasteiger partial charge in [0, 0.05) is 6.42 Å². The van der Waals surface area contributed by atoms with Gasteiger partial charge in [-0.05, 0) is 11.3 Å². The number of carbonyl (C=O) groups excluding carboxylic acids is 1. The Labute approximate surface area is 147 Å². The molecule has 8 heteroatoms. The first kappa shape index (κ1) is 16.5. The zero-order valence-electron chi connectivity index (χ0n) is 12.6. The highest BCUT2D eigenvalue weighted by molar-refractivity contribution is 8.03. The van der Waals surface area contributed by atoms with Crippen LogP contribution in [0.2, 0.25) is 0 Å². The number of hydrogen-bond acceptors (Lipinski definition) is 7. The smallest absolute Gasteiger partial charge is 0.253 e. The van der Waals surface area contributed by atoms with E-state index in [9.17, 15) is 4.79 Å². The molecule has 0 atom stereocenters. The van der Waals surface area contributed by atoms with Crippen molar-refractivity contribution < 1.29 is 4.79 Å². The van der Waals surface area contributed by atoms with Crippen molar-refractivity contribution in [3.05, 3.63) is 35.9 Å². The van der Waals surface area contributed by atoms with Gasteiger partial charge in [-0.3, -0.25) is 4.79 Å². The highest BCUT2D eigenvalue weighted by atomic mass is 32.2. The summed E-state index contributed by atoms with van der Waals surface area (Å²) >= 11 is 4.63. The van der Waals surface area contributed by atoms with Crippen LogP contribution in [0.25, 0.3) is 0 Å². The van der Waals surface area contributed by atoms with Crippen molar-refractivity contribution in [3.63, 3.8) is 0 Å². The minimum atomic E-state index is 0.0147. The number of carbonyl (C=O) groups is 1. The van der Waals surface area contributed by atoms with Crippen LogP contribution in [0.1, 0.15) is 18.9 Å². The summed E-state index contributed by atoms with van der Waals surface area (Å²) in [4.78, 5) is 12.3. The first-order valence-electron chi connectivity index (χ1n) is 7.28. The fraction of sp³-hybridized carbons (Fsp3) is 0.333. The summed E-state index contributed by atoms with van der Waals surface area (Å²) in [6, 6.07) is 10.00. The molecule has 0 saturated carbocycles. The molecular weight excluding hydrogens is 348 g/mol. The number of aromatic nitrogens is 2. The molecular formula is C15H16N4OS3. The van der Waals surface area contributed by atoms with Crippen LogP contribution in [0.4, 0.5) is 0 Å². The average Bonchev–Trinajstić information content (AvgIpc) is 3.23. The zero-order chi connectivity index (χ0) is 16.1. The van der Waals surface area contributed by atoms with Crippen LogP contribution in [0.3, 0.4) is 0 Å². The molecule has 5 nitrogen and oxygen atoms in total. The lowest BCUT2D eigenvalue weighted by molar-refractivity contribution is -0.127. The highest BCUT2D eigenvalue weighted by Crippen LogP contribution is 2.28. The maximum absolute atomic E-state index is 12.3. The van der Waals surface area contributed by atoms with Crippen molar-refractivity contribution in [2.45, 2.75) is 22.0 Å². The molecule has 0 radical (unpaired) electrons. The van der Waals surface area contributed by atoms with E-state index in [1.54, 1.807) is 16.8 Å². The van der Waals surface area contributed by atoms with Gasteiger partial charge in [0.15, 0.2) is 8.68 Å². The molecule has 0 N–H and O–H groups in total. The Hall–Kier alpha value is -1.38. The van der Waals surface area contributed by atoms with Crippen LogP contribution < -0.4 is 0 Å². The molecule has 120 valence electrons. The molecule has 1 aliphatic heterocycles. The summed E-state index contributed by atoms with van der Waals surface area (Å²) in [5, 5.41) is 14.2. The van der Waals surface area contributed by atoms with Crippen molar-refractivity contribution in [3.8, 4) is 0 Å². The molecule has 3 rings (SSSR count). The van der Waals surface area contributed by atoms with E-state index >= 15 is 0 Å². The molecule has 0 unspecified atom stereocenters. The standard InChI is InChI=1S/C15H16N4OS3/c1-2-21-14-16-17-15(23-14)22-10-13(20)19-9-8-12(18-19)11-6-4-3-5-7-11/h3-7H,2,8-10H2,1H3. The summed E-state index contributed by atoms with van der Waals surface area (Å²) < 4.78 is 1.79. The van der Waals surface area contributed by atoms with E-state index in [2.05, 4.69) is 22.2 Å². The summed E-state index contributed by atoms with van der Waals surface area (Å²) in [6.45, 7) is 2.73. The fourth-order valence-corrected chi connectivity index (χ4v) is 4.89. The lowest BCUT2D eigenvalue weighted by Gasteiger charge is -2.09. The van der Waals surface area contributed by atoms with E-state index in [-0.39, 0.29) is 5.91 Å². The Morgan fingerprint density at radius 2 is 1.96 bits per heavy atom. The summed E-state index contributed by atoms with van der Waals surface area (Å²) in [5.74, 6) is 1.33. The molecule has 1 aromatic heterocycles. The summed E-state index contributed by atoms with van der Waals surface area (Å²) in [7, 11) is 0. The van der Waals surface area contributed by atoms with Crippen molar-refractivity contribution in [1.82, 2.24) is 15.2 Å². The molecule has 1 amide bonds. The average molecular weight is 365 g/mol. The Balaban J connectivity index is 1.55. The number of benzene rings is 1. The minimum absolute atomic E-state index is 0.0147. The predicted octanol–water partition coefficient (Wildman–Crippen LogP) is 3.38. The Kier molecular flexibility index (Phi) is 5.69. The van der Waals surface area contributed by atoms with Gasteiger partial charge in [-0.2, -0.15) is 5.10 Å². The van der Waals surface area contributed by atoms with Gasteiger partial charge in [0.05, 0.1) is 18.0 Å². The van der Waals surface area contributed by atoms with Gasteiger partial charge in [0.1, 0.15) is 0 Å². The van der Waals surface area contributed by atoms with Crippen molar-refractivity contribution >= 4 is 46.5 Å². The molecule has 1 aliphatic rings. The Morgan fingerprint density at radius 1 is 1.22 bits per heavy atom. The minimum Gasteiger partial charge on any atom is -0.272 e. The first-order valence-corrected chi connectivity index (χ1v) is 10.1. The van der Waals surface area contributed by atoms with Crippen LogP contribution in [0.5, 0.6) is 0 Å². The number of thioether (sulfide) groups is 2. The van der Waals surface area contributed by atoms with Crippen LogP contribution in [0, 0.1) is 0 Å². The van der Waals surface area contributed by atoms with E-state index in [4.69, 9.17) is 0 Å². The van der Waals surface area contributed by atoms with Crippen LogP contribution in [0.15, 0.2) is 44.1 Å². The maximum atomic E-state index is 12.3. The quantitative estimate of drug-likeness (QED) is 0.736. The molecule has 1 aromatic carbocycles. The third-order valence-corrected chi connectivity index (χ3v) is 6.23. The SMILES string of the molecule is CCSc1nnc(SCC(=O)N2CCC(c3ccccc3)=N2)s1. The van der Waals surface area contributed by atoms with Crippen molar-refractivity contribution in [2.75, 3.05) is 18.1 Å². The number of hydrazone groups is 1. The van der Waals surface area contributed by atoms with Crippen LogP contribution in [-0.2, 0) is 4.79 Å². The van der Waals surface area contributed by atoms with Crippen LogP contribution >= 0.6 is 34.9 Å². The molecule has 0 spiro atoms. The normalized spacial score (nSPS) is 14.1. The number of amides is 1. The van der Waals surface area contributed by atoms with Crippen molar-refractivity contribution in [1.29, 1.82) is 0 Å². The molecule has 0 fully saturated rings. The van der Waals surface area contributed by atoms with E-state index in [1.165, 1.54) is 23.1 Å².